The van der Waals surface area contributed by atoms with Crippen molar-refractivity contribution in [3.05, 3.63) is 59.3 Å². The molecule has 0 aliphatic carbocycles. The van der Waals surface area contributed by atoms with Crippen LogP contribution < -0.4 is 4.90 Å². The zero-order valence-corrected chi connectivity index (χ0v) is 13.8. The summed E-state index contributed by atoms with van der Waals surface area (Å²) in [6, 6.07) is 11.8. The van der Waals surface area contributed by atoms with Crippen LogP contribution in [0.15, 0.2) is 42.6 Å². The fourth-order valence-electron chi connectivity index (χ4n) is 2.76. The number of aromatic nitrogens is 1. The highest BCUT2D eigenvalue weighted by Crippen LogP contribution is 2.25. The molecule has 0 amide bonds. The van der Waals surface area contributed by atoms with E-state index in [0.29, 0.717) is 0 Å². The molecule has 0 saturated heterocycles. The average molecular weight is 298 g/mol. The minimum absolute atomic E-state index is 0.618. The number of anilines is 1. The first kappa shape index (κ1) is 16.5. The van der Waals surface area contributed by atoms with E-state index in [2.05, 4.69) is 36.7 Å². The van der Waals surface area contributed by atoms with Crippen LogP contribution in [-0.4, -0.2) is 23.2 Å². The number of hydrogen-bond acceptors (Lipinski definition) is 3. The van der Waals surface area contributed by atoms with Gasteiger partial charge in [-0.25, -0.2) is 4.98 Å². The van der Waals surface area contributed by atoms with Crippen LogP contribution in [0.3, 0.4) is 0 Å². The highest BCUT2D eigenvalue weighted by molar-refractivity contribution is 5.48. The van der Waals surface area contributed by atoms with Crippen LogP contribution in [0.5, 0.6) is 0 Å². The van der Waals surface area contributed by atoms with Crippen molar-refractivity contribution in [3.63, 3.8) is 0 Å². The monoisotopic (exact) mass is 298 g/mol. The normalized spacial score (nSPS) is 12.2. The molecule has 3 heteroatoms. The van der Waals surface area contributed by atoms with Crippen LogP contribution in [0.2, 0.25) is 0 Å². The molecular weight excluding hydrogens is 272 g/mol. The lowest BCUT2D eigenvalue weighted by atomic mass is 10.0. The Morgan fingerprint density at radius 3 is 2.23 bits per heavy atom. The predicted molar refractivity (Wildman–Crippen MR) is 92.3 cm³/mol. The SMILES string of the molecule is CCCN(CCC)c1ncc([C@@H](O)c2ccccc2)cc1C. The van der Waals surface area contributed by atoms with Gasteiger partial charge in [-0.15, -0.1) is 0 Å². The van der Waals surface area contributed by atoms with Crippen LogP contribution in [0.1, 0.15) is 49.5 Å². The molecule has 0 aliphatic heterocycles. The predicted octanol–water partition coefficient (Wildman–Crippen LogP) is 4.10. The fourth-order valence-corrected chi connectivity index (χ4v) is 2.76. The summed E-state index contributed by atoms with van der Waals surface area (Å²) in [5, 5.41) is 10.5. The smallest absolute Gasteiger partial charge is 0.131 e. The van der Waals surface area contributed by atoms with Gasteiger partial charge in [0.25, 0.3) is 0 Å². The van der Waals surface area contributed by atoms with E-state index >= 15 is 0 Å². The number of hydrogen-bond donors (Lipinski definition) is 1. The van der Waals surface area contributed by atoms with Gasteiger partial charge in [0, 0.05) is 24.8 Å². The van der Waals surface area contributed by atoms with Crippen LogP contribution in [0.4, 0.5) is 5.82 Å². The summed E-state index contributed by atoms with van der Waals surface area (Å²) in [7, 11) is 0. The van der Waals surface area contributed by atoms with Gasteiger partial charge in [0.2, 0.25) is 0 Å². The standard InChI is InChI=1S/C19H26N2O/c1-4-11-21(12-5-2)19-15(3)13-17(14-20-19)18(22)16-9-7-6-8-10-16/h6-10,13-14,18,22H,4-5,11-12H2,1-3H3/t18-/m0/s1. The number of aliphatic hydroxyl groups excluding tert-OH is 1. The van der Waals surface area contributed by atoms with Gasteiger partial charge in [0.15, 0.2) is 0 Å². The molecule has 2 rings (SSSR count). The van der Waals surface area contributed by atoms with E-state index in [4.69, 9.17) is 0 Å². The lowest BCUT2D eigenvalue weighted by Gasteiger charge is -2.25. The maximum absolute atomic E-state index is 10.5. The van der Waals surface area contributed by atoms with E-state index in [0.717, 1.165) is 48.4 Å². The van der Waals surface area contributed by atoms with Crippen LogP contribution in [0.25, 0.3) is 0 Å². The van der Waals surface area contributed by atoms with E-state index in [9.17, 15) is 5.11 Å². The largest absolute Gasteiger partial charge is 0.384 e. The van der Waals surface area contributed by atoms with Crippen molar-refractivity contribution in [1.29, 1.82) is 0 Å². The molecule has 0 aliphatic rings. The first-order chi connectivity index (χ1) is 10.7. The maximum atomic E-state index is 10.5. The summed E-state index contributed by atoms with van der Waals surface area (Å²) in [6.45, 7) is 8.48. The topological polar surface area (TPSA) is 36.4 Å². The van der Waals surface area contributed by atoms with Gasteiger partial charge < -0.3 is 10.0 Å². The molecule has 1 aromatic carbocycles. The zero-order valence-electron chi connectivity index (χ0n) is 13.8. The lowest BCUT2D eigenvalue weighted by Crippen LogP contribution is -2.26. The van der Waals surface area contributed by atoms with Gasteiger partial charge in [-0.1, -0.05) is 44.2 Å². The second kappa shape index (κ2) is 7.95. The molecule has 0 spiro atoms. The molecule has 1 aromatic heterocycles. The molecule has 1 atom stereocenters. The molecule has 1 heterocycles. The van der Waals surface area contributed by atoms with Crippen molar-refractivity contribution in [2.24, 2.45) is 0 Å². The Kier molecular flexibility index (Phi) is 5.96. The third-order valence-corrected chi connectivity index (χ3v) is 3.79. The van der Waals surface area contributed by atoms with E-state index in [1.807, 2.05) is 30.3 Å². The molecule has 0 unspecified atom stereocenters. The van der Waals surface area contributed by atoms with E-state index < -0.39 is 6.10 Å². The summed E-state index contributed by atoms with van der Waals surface area (Å²) < 4.78 is 0. The van der Waals surface area contributed by atoms with Crippen molar-refractivity contribution >= 4 is 5.82 Å². The first-order valence-corrected chi connectivity index (χ1v) is 8.11. The van der Waals surface area contributed by atoms with E-state index in [1.165, 1.54) is 0 Å². The second-order valence-electron chi connectivity index (χ2n) is 5.71. The van der Waals surface area contributed by atoms with Crippen LogP contribution >= 0.6 is 0 Å². The molecule has 22 heavy (non-hydrogen) atoms. The molecule has 0 fully saturated rings. The summed E-state index contributed by atoms with van der Waals surface area (Å²) >= 11 is 0. The van der Waals surface area contributed by atoms with Crippen molar-refractivity contribution in [1.82, 2.24) is 4.98 Å². The molecule has 2 aromatic rings. The number of benzene rings is 1. The first-order valence-electron chi connectivity index (χ1n) is 8.11. The zero-order chi connectivity index (χ0) is 15.9. The van der Waals surface area contributed by atoms with Crippen molar-refractivity contribution in [2.45, 2.75) is 39.7 Å². The molecule has 0 radical (unpaired) electrons. The van der Waals surface area contributed by atoms with Crippen molar-refractivity contribution in [2.75, 3.05) is 18.0 Å². The summed E-state index contributed by atoms with van der Waals surface area (Å²) in [4.78, 5) is 6.96. The quantitative estimate of drug-likeness (QED) is 0.836. The number of nitrogens with zero attached hydrogens (tertiary/aromatic N) is 2. The average Bonchev–Trinajstić information content (AvgIpc) is 2.55. The maximum Gasteiger partial charge on any atom is 0.131 e. The Labute approximate surface area is 133 Å². The minimum Gasteiger partial charge on any atom is -0.384 e. The highest BCUT2D eigenvalue weighted by Gasteiger charge is 2.14. The molecule has 3 nitrogen and oxygen atoms in total. The number of aryl methyl sites for hydroxylation is 1. The van der Waals surface area contributed by atoms with Gasteiger partial charge in [-0.3, -0.25) is 0 Å². The lowest BCUT2D eigenvalue weighted by molar-refractivity contribution is 0.220. The van der Waals surface area contributed by atoms with Crippen molar-refractivity contribution < 1.29 is 5.11 Å². The Balaban J connectivity index is 2.25. The number of aliphatic hydroxyl groups is 1. The molecular formula is C19H26N2O. The molecule has 118 valence electrons. The summed E-state index contributed by atoms with van der Waals surface area (Å²) in [6.07, 6.45) is 3.40. The Bertz CT molecular complexity index is 577. The molecule has 1 N–H and O–H groups in total. The third-order valence-electron chi connectivity index (χ3n) is 3.79. The van der Waals surface area contributed by atoms with Gasteiger partial charge in [-0.2, -0.15) is 0 Å². The highest BCUT2D eigenvalue weighted by atomic mass is 16.3. The fraction of sp³-hybridized carbons (Fsp3) is 0.421. The van der Waals surface area contributed by atoms with E-state index in [-0.39, 0.29) is 0 Å². The van der Waals surface area contributed by atoms with Crippen LogP contribution in [-0.2, 0) is 0 Å². The van der Waals surface area contributed by atoms with Gasteiger partial charge >= 0.3 is 0 Å². The molecule has 0 saturated carbocycles. The van der Waals surface area contributed by atoms with Gasteiger partial charge in [-0.05, 0) is 37.0 Å². The Hall–Kier alpha value is -1.87. The van der Waals surface area contributed by atoms with Crippen molar-refractivity contribution in [3.8, 4) is 0 Å². The van der Waals surface area contributed by atoms with Gasteiger partial charge in [0.05, 0.1) is 0 Å². The van der Waals surface area contributed by atoms with E-state index in [1.54, 1.807) is 6.20 Å². The Morgan fingerprint density at radius 2 is 1.68 bits per heavy atom. The molecule has 0 bridgehead atoms. The Morgan fingerprint density at radius 1 is 1.05 bits per heavy atom. The summed E-state index contributed by atoms with van der Waals surface area (Å²) in [5.41, 5.74) is 2.87. The summed E-state index contributed by atoms with van der Waals surface area (Å²) in [5.74, 6) is 1.03. The van der Waals surface area contributed by atoms with Crippen LogP contribution in [0, 0.1) is 6.92 Å². The van der Waals surface area contributed by atoms with Gasteiger partial charge in [0.1, 0.15) is 11.9 Å². The number of rotatable bonds is 7. The number of pyridine rings is 1. The third kappa shape index (κ3) is 3.86. The minimum atomic E-state index is -0.618. The second-order valence-corrected chi connectivity index (χ2v) is 5.71.